The third-order valence-electron chi connectivity index (χ3n) is 2.41. The van der Waals surface area contributed by atoms with Crippen molar-refractivity contribution in [3.8, 4) is 0 Å². The Morgan fingerprint density at radius 1 is 0.552 bits per heavy atom. The number of carbonyl (C=O) groups excluding carboxylic acids is 6. The first-order valence-electron chi connectivity index (χ1n) is 7.07. The van der Waals surface area contributed by atoms with E-state index in [4.69, 9.17) is 69.6 Å². The molecule has 164 valence electrons. The van der Waals surface area contributed by atoms with Crippen molar-refractivity contribution in [2.24, 2.45) is 0 Å². The van der Waals surface area contributed by atoms with Gasteiger partial charge < -0.3 is 0 Å². The summed E-state index contributed by atoms with van der Waals surface area (Å²) in [5.74, 6) is -3.91. The first-order valence-corrected chi connectivity index (χ1v) is 9.33. The molecule has 12 nitrogen and oxygen atoms in total. The fourth-order valence-corrected chi connectivity index (χ4v) is 1.48. The van der Waals surface area contributed by atoms with Gasteiger partial charge in [-0.1, -0.05) is 69.6 Å². The SMILES string of the molecule is O=C(CCCC(=O)NNC(=O)NC(=O)C(Cl)(Cl)Cl)NNC(=O)NC(=O)C(Cl)(Cl)Cl. The van der Waals surface area contributed by atoms with Crippen molar-refractivity contribution < 1.29 is 28.8 Å². The van der Waals surface area contributed by atoms with E-state index in [-0.39, 0.29) is 19.3 Å². The molecule has 0 aliphatic rings. The lowest BCUT2D eigenvalue weighted by atomic mass is 10.2. The Balaban J connectivity index is 4.00. The van der Waals surface area contributed by atoms with E-state index in [1.54, 1.807) is 10.6 Å². The number of alkyl halides is 6. The fraction of sp³-hybridized carbons (Fsp3) is 0.455. The zero-order chi connectivity index (χ0) is 22.8. The van der Waals surface area contributed by atoms with E-state index >= 15 is 0 Å². The van der Waals surface area contributed by atoms with Crippen LogP contribution in [0.3, 0.4) is 0 Å². The largest absolute Gasteiger partial charge is 0.340 e. The zero-order valence-corrected chi connectivity index (χ0v) is 18.4. The van der Waals surface area contributed by atoms with Crippen LogP contribution < -0.4 is 32.3 Å². The number of nitrogens with one attached hydrogen (secondary N) is 6. The van der Waals surface area contributed by atoms with Gasteiger partial charge in [-0.3, -0.25) is 40.7 Å². The molecule has 0 spiro atoms. The molecule has 0 aromatic carbocycles. The minimum Gasteiger partial charge on any atom is -0.273 e. The van der Waals surface area contributed by atoms with E-state index < -0.39 is 43.3 Å². The maximum atomic E-state index is 11.5. The van der Waals surface area contributed by atoms with Crippen molar-refractivity contribution in [3.63, 3.8) is 0 Å². The molecule has 0 aliphatic heterocycles. The maximum Gasteiger partial charge on any atom is 0.340 e. The van der Waals surface area contributed by atoms with Crippen LogP contribution in [0.4, 0.5) is 9.59 Å². The number of amides is 8. The van der Waals surface area contributed by atoms with Crippen molar-refractivity contribution in [2.75, 3.05) is 0 Å². The average Bonchev–Trinajstić information content (AvgIpc) is 2.56. The van der Waals surface area contributed by atoms with Crippen molar-refractivity contribution in [1.29, 1.82) is 0 Å². The molecule has 0 atom stereocenters. The maximum absolute atomic E-state index is 11.5. The number of imide groups is 2. The van der Waals surface area contributed by atoms with Gasteiger partial charge in [0.05, 0.1) is 0 Å². The van der Waals surface area contributed by atoms with Crippen LogP contribution in [0.1, 0.15) is 19.3 Å². The highest BCUT2D eigenvalue weighted by atomic mass is 35.6. The summed E-state index contributed by atoms with van der Waals surface area (Å²) in [6.45, 7) is 0. The predicted molar refractivity (Wildman–Crippen MR) is 104 cm³/mol. The highest BCUT2D eigenvalue weighted by Crippen LogP contribution is 2.26. The number of urea groups is 2. The quantitative estimate of drug-likeness (QED) is 0.227. The van der Waals surface area contributed by atoms with Crippen LogP contribution in [0.5, 0.6) is 0 Å². The van der Waals surface area contributed by atoms with Crippen LogP contribution in [0.2, 0.25) is 0 Å². The summed E-state index contributed by atoms with van der Waals surface area (Å²) in [4.78, 5) is 67.9. The van der Waals surface area contributed by atoms with Gasteiger partial charge in [0.1, 0.15) is 0 Å². The molecule has 8 amide bonds. The average molecular weight is 537 g/mol. The van der Waals surface area contributed by atoms with E-state index in [9.17, 15) is 28.8 Å². The second-order valence-corrected chi connectivity index (χ2v) is 9.32. The predicted octanol–water partition coefficient (Wildman–Crippen LogP) is 0.611. The molecule has 0 saturated carbocycles. The number of halogens is 6. The molecule has 0 aliphatic carbocycles. The van der Waals surface area contributed by atoms with E-state index in [2.05, 4.69) is 0 Å². The summed E-state index contributed by atoms with van der Waals surface area (Å²) in [6, 6.07) is -2.32. The third kappa shape index (κ3) is 13.4. The van der Waals surface area contributed by atoms with Gasteiger partial charge in [0.25, 0.3) is 19.4 Å². The minimum atomic E-state index is -2.37. The van der Waals surface area contributed by atoms with Gasteiger partial charge in [-0.2, -0.15) is 0 Å². The lowest BCUT2D eigenvalue weighted by Gasteiger charge is -2.12. The molecule has 0 radical (unpaired) electrons. The topological polar surface area (TPSA) is 175 Å². The fourth-order valence-electron chi connectivity index (χ4n) is 1.20. The van der Waals surface area contributed by atoms with E-state index in [0.717, 1.165) is 0 Å². The third-order valence-corrected chi connectivity index (χ3v) is 3.44. The lowest BCUT2D eigenvalue weighted by Crippen LogP contribution is -2.51. The first-order chi connectivity index (χ1) is 13.1. The summed E-state index contributed by atoms with van der Waals surface area (Å²) in [7, 11) is 0. The molecule has 0 aromatic rings. The van der Waals surface area contributed by atoms with E-state index in [0.29, 0.717) is 0 Å². The van der Waals surface area contributed by atoms with Crippen LogP contribution in [0.15, 0.2) is 0 Å². The van der Waals surface area contributed by atoms with Crippen LogP contribution in [-0.2, 0) is 19.2 Å². The van der Waals surface area contributed by atoms with Crippen molar-refractivity contribution >= 4 is 105 Å². The summed E-state index contributed by atoms with van der Waals surface area (Å²) in [6.07, 6.45) is -0.432. The molecule has 0 bridgehead atoms. The Morgan fingerprint density at radius 2 is 0.862 bits per heavy atom. The molecular formula is C11H12Cl6N6O6. The Hall–Kier alpha value is -1.44. The van der Waals surface area contributed by atoms with Gasteiger partial charge in [-0.15, -0.1) is 0 Å². The minimum absolute atomic E-state index is 0.00439. The van der Waals surface area contributed by atoms with Crippen LogP contribution in [-0.4, -0.2) is 43.3 Å². The van der Waals surface area contributed by atoms with Gasteiger partial charge in [0.15, 0.2) is 0 Å². The van der Waals surface area contributed by atoms with Crippen LogP contribution >= 0.6 is 69.6 Å². The Bertz CT molecular complexity index is 622. The van der Waals surface area contributed by atoms with Gasteiger partial charge in [0, 0.05) is 12.8 Å². The molecular weight excluding hydrogens is 525 g/mol. The van der Waals surface area contributed by atoms with Gasteiger partial charge in [-0.05, 0) is 6.42 Å². The Morgan fingerprint density at radius 3 is 1.14 bits per heavy atom. The smallest absolute Gasteiger partial charge is 0.273 e. The van der Waals surface area contributed by atoms with Gasteiger partial charge in [-0.25, -0.2) is 20.4 Å². The number of hydrogen-bond acceptors (Lipinski definition) is 6. The first kappa shape index (κ1) is 27.6. The molecule has 0 saturated heterocycles. The molecule has 0 heterocycles. The molecule has 0 aromatic heterocycles. The van der Waals surface area contributed by atoms with Crippen LogP contribution in [0.25, 0.3) is 0 Å². The van der Waals surface area contributed by atoms with Gasteiger partial charge >= 0.3 is 12.1 Å². The van der Waals surface area contributed by atoms with Crippen molar-refractivity contribution in [2.45, 2.75) is 26.8 Å². The summed E-state index contributed by atoms with van der Waals surface area (Å²) >= 11 is 31.4. The number of carbonyl (C=O) groups is 6. The molecule has 0 rings (SSSR count). The molecule has 6 N–H and O–H groups in total. The molecule has 0 unspecified atom stereocenters. The molecule has 29 heavy (non-hydrogen) atoms. The molecule has 0 fully saturated rings. The Labute approximate surface area is 192 Å². The number of rotatable bonds is 4. The summed E-state index contributed by atoms with van der Waals surface area (Å²) < 4.78 is -4.73. The van der Waals surface area contributed by atoms with Gasteiger partial charge in [0.2, 0.25) is 11.8 Å². The summed E-state index contributed by atoms with van der Waals surface area (Å²) in [5, 5.41) is 3.28. The monoisotopic (exact) mass is 534 g/mol. The van der Waals surface area contributed by atoms with E-state index in [1.807, 2.05) is 21.7 Å². The lowest BCUT2D eigenvalue weighted by molar-refractivity contribution is -0.124. The number of hydrazine groups is 2. The second-order valence-electron chi connectivity index (χ2n) is 4.76. The highest BCUT2D eigenvalue weighted by Gasteiger charge is 2.32. The summed E-state index contributed by atoms with van der Waals surface area (Å²) in [5.41, 5.74) is 7.50. The Kier molecular flexibility index (Phi) is 11.7. The zero-order valence-electron chi connectivity index (χ0n) is 13.8. The highest BCUT2D eigenvalue weighted by molar-refractivity contribution is 6.77. The normalized spacial score (nSPS) is 11.0. The molecule has 18 heteroatoms. The second kappa shape index (κ2) is 12.3. The van der Waals surface area contributed by atoms with Crippen molar-refractivity contribution in [1.82, 2.24) is 32.3 Å². The standard InChI is InChI=1S/C11H12Cl6N6O6/c12-10(13,14)6(26)18-8(28)22-20-4(24)2-1-3-5(25)21-23-9(29)19-7(27)11(15,16)17/h1-3H2,(H,20,24)(H,21,25)(H2,18,22,26,28)(H2,19,23,27,29). The van der Waals surface area contributed by atoms with Crippen LogP contribution in [0, 0.1) is 0 Å². The van der Waals surface area contributed by atoms with Crippen molar-refractivity contribution in [3.05, 3.63) is 0 Å². The van der Waals surface area contributed by atoms with E-state index in [1.165, 1.54) is 0 Å². The number of hydrogen-bond donors (Lipinski definition) is 6.